The fourth-order valence-electron chi connectivity index (χ4n) is 1.34. The normalized spacial score (nSPS) is 10.6. The number of rotatable bonds is 1. The first-order valence-corrected chi connectivity index (χ1v) is 6.36. The summed E-state index contributed by atoms with van der Waals surface area (Å²) in [6.07, 6.45) is 1.62. The van der Waals surface area contributed by atoms with Crippen molar-refractivity contribution in [1.29, 1.82) is 0 Å². The van der Waals surface area contributed by atoms with Crippen LogP contribution >= 0.6 is 58.0 Å². The molecular weight excluding hydrogens is 323 g/mol. The second-order valence-electron chi connectivity index (χ2n) is 3.16. The quantitative estimate of drug-likeness (QED) is 0.461. The van der Waals surface area contributed by atoms with Crippen LogP contribution in [0, 0.1) is 0 Å². The van der Waals surface area contributed by atoms with Gasteiger partial charge in [0.25, 0.3) is 0 Å². The van der Waals surface area contributed by atoms with Crippen molar-refractivity contribution >= 4 is 58.0 Å². The lowest BCUT2D eigenvalue weighted by Crippen LogP contribution is -1.88. The van der Waals surface area contributed by atoms with Gasteiger partial charge >= 0.3 is 0 Å². The SMILES string of the molecule is Clc1c(Cl)c(Cl)c(-c2ccccn2)c(Cl)c1Cl. The smallest absolute Gasteiger partial charge is 0.0809 e. The minimum absolute atomic E-state index is 0.142. The molecule has 1 aromatic carbocycles. The number of hydrogen-bond acceptors (Lipinski definition) is 1. The molecule has 0 N–H and O–H groups in total. The summed E-state index contributed by atoms with van der Waals surface area (Å²) in [5.41, 5.74) is 1.07. The van der Waals surface area contributed by atoms with Crippen molar-refractivity contribution < 1.29 is 0 Å². The molecule has 0 aliphatic heterocycles. The van der Waals surface area contributed by atoms with E-state index in [2.05, 4.69) is 4.98 Å². The molecule has 0 amide bonds. The molecule has 17 heavy (non-hydrogen) atoms. The number of aromatic nitrogens is 1. The zero-order valence-electron chi connectivity index (χ0n) is 8.15. The molecule has 0 unspecified atom stereocenters. The van der Waals surface area contributed by atoms with E-state index < -0.39 is 0 Å². The largest absolute Gasteiger partial charge is 0.256 e. The summed E-state index contributed by atoms with van der Waals surface area (Å²) >= 11 is 30.1. The summed E-state index contributed by atoms with van der Waals surface area (Å²) in [4.78, 5) is 4.15. The van der Waals surface area contributed by atoms with Gasteiger partial charge in [-0.25, -0.2) is 0 Å². The van der Waals surface area contributed by atoms with Crippen molar-refractivity contribution in [2.75, 3.05) is 0 Å². The first kappa shape index (κ1) is 13.3. The van der Waals surface area contributed by atoms with E-state index in [-0.39, 0.29) is 25.1 Å². The third-order valence-electron chi connectivity index (χ3n) is 2.13. The van der Waals surface area contributed by atoms with Crippen molar-refractivity contribution in [3.8, 4) is 11.3 Å². The molecule has 0 saturated carbocycles. The Morgan fingerprint density at radius 2 is 1.24 bits per heavy atom. The molecule has 0 saturated heterocycles. The van der Waals surface area contributed by atoms with E-state index in [1.165, 1.54) is 0 Å². The van der Waals surface area contributed by atoms with Crippen molar-refractivity contribution in [3.05, 3.63) is 49.5 Å². The molecule has 1 nitrogen and oxygen atoms in total. The Labute approximate surface area is 123 Å². The monoisotopic (exact) mass is 325 g/mol. The topological polar surface area (TPSA) is 12.9 Å². The Kier molecular flexibility index (Phi) is 4.06. The number of hydrogen-bond donors (Lipinski definition) is 0. The minimum Gasteiger partial charge on any atom is -0.256 e. The summed E-state index contributed by atoms with van der Waals surface area (Å²) in [5.74, 6) is 0. The Morgan fingerprint density at radius 1 is 0.706 bits per heavy atom. The van der Waals surface area contributed by atoms with E-state index in [4.69, 9.17) is 58.0 Å². The molecule has 88 valence electrons. The van der Waals surface area contributed by atoms with Crippen LogP contribution < -0.4 is 0 Å². The molecule has 2 aromatic rings. The maximum atomic E-state index is 6.11. The minimum atomic E-state index is 0.142. The van der Waals surface area contributed by atoms with Crippen molar-refractivity contribution in [1.82, 2.24) is 4.98 Å². The van der Waals surface area contributed by atoms with Crippen molar-refractivity contribution in [2.24, 2.45) is 0 Å². The van der Waals surface area contributed by atoms with Gasteiger partial charge in [-0.15, -0.1) is 0 Å². The Hall–Kier alpha value is -0.180. The van der Waals surface area contributed by atoms with Gasteiger partial charge in [0.15, 0.2) is 0 Å². The Bertz CT molecular complexity index is 539. The van der Waals surface area contributed by atoms with Gasteiger partial charge in [-0.3, -0.25) is 4.98 Å². The highest BCUT2D eigenvalue weighted by Gasteiger charge is 2.20. The summed E-state index contributed by atoms with van der Waals surface area (Å²) in [6, 6.07) is 5.35. The van der Waals surface area contributed by atoms with Crippen LogP contribution in [0.1, 0.15) is 0 Å². The molecule has 0 radical (unpaired) electrons. The molecule has 6 heteroatoms. The van der Waals surface area contributed by atoms with E-state index >= 15 is 0 Å². The van der Waals surface area contributed by atoms with Crippen LogP contribution in [0.2, 0.25) is 25.1 Å². The number of pyridine rings is 1. The molecular formula is C11H4Cl5N. The maximum Gasteiger partial charge on any atom is 0.0809 e. The predicted octanol–water partition coefficient (Wildman–Crippen LogP) is 6.02. The van der Waals surface area contributed by atoms with Crippen LogP contribution in [0.25, 0.3) is 11.3 Å². The second-order valence-corrected chi connectivity index (χ2v) is 5.05. The molecule has 0 fully saturated rings. The molecule has 1 heterocycles. The van der Waals surface area contributed by atoms with Crippen LogP contribution in [0.5, 0.6) is 0 Å². The lowest BCUT2D eigenvalue weighted by Gasteiger charge is -2.11. The summed E-state index contributed by atoms with van der Waals surface area (Å²) in [6.45, 7) is 0. The highest BCUT2D eigenvalue weighted by molar-refractivity contribution is 6.56. The predicted molar refractivity (Wildman–Crippen MR) is 74.7 cm³/mol. The molecule has 0 bridgehead atoms. The first-order valence-electron chi connectivity index (χ1n) is 4.47. The zero-order valence-corrected chi connectivity index (χ0v) is 11.9. The average Bonchev–Trinajstić information content (AvgIpc) is 2.36. The van der Waals surface area contributed by atoms with E-state index in [1.807, 2.05) is 6.07 Å². The number of benzene rings is 1. The third kappa shape index (κ3) is 2.35. The average molecular weight is 327 g/mol. The molecule has 0 atom stereocenters. The van der Waals surface area contributed by atoms with Gasteiger partial charge in [-0.1, -0.05) is 64.1 Å². The molecule has 0 aliphatic rings. The van der Waals surface area contributed by atoms with Crippen LogP contribution in [0.4, 0.5) is 0 Å². The summed E-state index contributed by atoms with van der Waals surface area (Å²) in [7, 11) is 0. The van der Waals surface area contributed by atoms with Crippen molar-refractivity contribution in [3.63, 3.8) is 0 Å². The van der Waals surface area contributed by atoms with Crippen LogP contribution in [0.15, 0.2) is 24.4 Å². The number of nitrogens with zero attached hydrogens (tertiary/aromatic N) is 1. The van der Waals surface area contributed by atoms with E-state index in [1.54, 1.807) is 18.3 Å². The lowest BCUT2D eigenvalue weighted by atomic mass is 10.1. The van der Waals surface area contributed by atoms with E-state index in [0.29, 0.717) is 11.3 Å². The van der Waals surface area contributed by atoms with Gasteiger partial charge < -0.3 is 0 Å². The fraction of sp³-hybridized carbons (Fsp3) is 0. The molecule has 0 spiro atoms. The second kappa shape index (κ2) is 5.21. The van der Waals surface area contributed by atoms with Crippen molar-refractivity contribution in [2.45, 2.75) is 0 Å². The highest BCUT2D eigenvalue weighted by atomic mass is 35.5. The first-order chi connectivity index (χ1) is 8.04. The van der Waals surface area contributed by atoms with Crippen LogP contribution in [-0.4, -0.2) is 4.98 Å². The van der Waals surface area contributed by atoms with Gasteiger partial charge in [0.1, 0.15) is 0 Å². The fourth-order valence-corrected chi connectivity index (χ4v) is 2.67. The van der Waals surface area contributed by atoms with Gasteiger partial charge in [0.2, 0.25) is 0 Å². The molecule has 1 aromatic heterocycles. The van der Waals surface area contributed by atoms with Gasteiger partial charge in [-0.05, 0) is 12.1 Å². The summed E-state index contributed by atoms with van der Waals surface area (Å²) in [5, 5.41) is 0.962. The standard InChI is InChI=1S/C11H4Cl5N/c12-7-6(5-3-1-2-4-17-5)8(13)10(15)11(16)9(7)14/h1-4H. The maximum absolute atomic E-state index is 6.11. The number of halogens is 5. The Balaban J connectivity index is 2.80. The zero-order chi connectivity index (χ0) is 12.6. The van der Waals surface area contributed by atoms with Crippen LogP contribution in [0.3, 0.4) is 0 Å². The molecule has 2 rings (SSSR count). The third-order valence-corrected chi connectivity index (χ3v) is 4.41. The lowest BCUT2D eigenvalue weighted by molar-refractivity contribution is 1.33. The van der Waals surface area contributed by atoms with Gasteiger partial charge in [0.05, 0.1) is 30.8 Å². The highest BCUT2D eigenvalue weighted by Crippen LogP contribution is 2.47. The molecule has 0 aliphatic carbocycles. The van der Waals surface area contributed by atoms with E-state index in [9.17, 15) is 0 Å². The van der Waals surface area contributed by atoms with Gasteiger partial charge in [-0.2, -0.15) is 0 Å². The Morgan fingerprint density at radius 3 is 1.71 bits per heavy atom. The summed E-state index contributed by atoms with van der Waals surface area (Å²) < 4.78 is 0. The van der Waals surface area contributed by atoms with Gasteiger partial charge in [0, 0.05) is 11.8 Å². The van der Waals surface area contributed by atoms with E-state index in [0.717, 1.165) is 0 Å². The van der Waals surface area contributed by atoms with Crippen LogP contribution in [-0.2, 0) is 0 Å².